The zero-order valence-electron chi connectivity index (χ0n) is 13.4. The molecule has 0 aromatic carbocycles. The summed E-state index contributed by atoms with van der Waals surface area (Å²) in [6.45, 7) is 2.44. The molecule has 0 unspecified atom stereocenters. The van der Waals surface area contributed by atoms with Crippen LogP contribution in [0.5, 0.6) is 0 Å². The first kappa shape index (κ1) is 18.7. The molecule has 0 aliphatic heterocycles. The molecule has 0 saturated carbocycles. The Labute approximate surface area is 145 Å². The van der Waals surface area contributed by atoms with Crippen LogP contribution in [0.2, 0.25) is 0 Å². The lowest BCUT2D eigenvalue weighted by atomic mass is 10.4. The van der Waals surface area contributed by atoms with Crippen LogP contribution in [0.4, 0.5) is 18.0 Å². The van der Waals surface area contributed by atoms with Crippen molar-refractivity contribution in [2.75, 3.05) is 20.1 Å². The molecule has 0 radical (unpaired) electrons. The Morgan fingerprint density at radius 3 is 2.72 bits per heavy atom. The first-order valence-electron chi connectivity index (χ1n) is 7.13. The van der Waals surface area contributed by atoms with Gasteiger partial charge in [0.15, 0.2) is 0 Å². The van der Waals surface area contributed by atoms with Crippen molar-refractivity contribution in [2.24, 2.45) is 0 Å². The fourth-order valence-corrected chi connectivity index (χ4v) is 2.89. The Balaban J connectivity index is 2.11. The van der Waals surface area contributed by atoms with Crippen LogP contribution in [0.3, 0.4) is 0 Å². The molecule has 0 fully saturated rings. The highest BCUT2D eigenvalue weighted by molar-refractivity contribution is 7.15. The van der Waals surface area contributed by atoms with Crippen LogP contribution in [0.25, 0.3) is 10.7 Å². The quantitative estimate of drug-likeness (QED) is 0.751. The third-order valence-electron chi connectivity index (χ3n) is 3.18. The van der Waals surface area contributed by atoms with E-state index < -0.39 is 12.1 Å². The average molecular weight is 373 g/mol. The Bertz CT molecular complexity index is 780. The average Bonchev–Trinajstić information content (AvgIpc) is 3.20. The van der Waals surface area contributed by atoms with E-state index in [2.05, 4.69) is 14.7 Å². The van der Waals surface area contributed by atoms with Crippen molar-refractivity contribution >= 4 is 17.4 Å². The van der Waals surface area contributed by atoms with E-state index in [0.29, 0.717) is 11.4 Å². The molecule has 134 valence electrons. The molecule has 0 bridgehead atoms. The predicted octanol–water partition coefficient (Wildman–Crippen LogP) is 3.21. The molecule has 0 aliphatic rings. The van der Waals surface area contributed by atoms with E-state index in [1.54, 1.807) is 19.1 Å². The Kier molecular flexibility index (Phi) is 5.63. The van der Waals surface area contributed by atoms with Crippen LogP contribution in [0.1, 0.15) is 17.7 Å². The lowest BCUT2D eigenvalue weighted by Gasteiger charge is -2.25. The lowest BCUT2D eigenvalue weighted by molar-refractivity contribution is -0.159. The van der Waals surface area contributed by atoms with Crippen LogP contribution in [-0.4, -0.2) is 46.1 Å². The number of nitrogens with zero attached hydrogens (tertiary/aromatic N) is 5. The molecule has 2 amide bonds. The molecular formula is C14H14F3N5O2S. The molecule has 0 saturated heterocycles. The van der Waals surface area contributed by atoms with Crippen LogP contribution < -0.4 is 0 Å². The summed E-state index contributed by atoms with van der Waals surface area (Å²) in [5.41, 5.74) is 0. The maximum atomic E-state index is 12.5. The minimum absolute atomic E-state index is 0.0336. The molecule has 25 heavy (non-hydrogen) atoms. The largest absolute Gasteiger partial charge is 0.471 e. The van der Waals surface area contributed by atoms with Gasteiger partial charge in [0.1, 0.15) is 6.54 Å². The van der Waals surface area contributed by atoms with Gasteiger partial charge in [0.05, 0.1) is 17.5 Å². The van der Waals surface area contributed by atoms with Gasteiger partial charge in [-0.15, -0.1) is 11.3 Å². The molecule has 2 aromatic heterocycles. The minimum atomic E-state index is -4.69. The topological polar surface area (TPSA) is 86.3 Å². The number of alkyl halides is 3. The number of carbonyl (C=O) groups excluding carboxylic acids is 1. The molecule has 0 aliphatic carbocycles. The van der Waals surface area contributed by atoms with Gasteiger partial charge < -0.3 is 14.3 Å². The number of aromatic nitrogens is 2. The van der Waals surface area contributed by atoms with Crippen molar-refractivity contribution in [1.82, 2.24) is 19.9 Å². The van der Waals surface area contributed by atoms with E-state index in [9.17, 15) is 18.0 Å². The molecule has 2 rings (SSSR count). The first-order chi connectivity index (χ1) is 11.8. The molecule has 0 N–H and O–H groups in total. The second kappa shape index (κ2) is 7.52. The number of urea groups is 1. The fourth-order valence-electron chi connectivity index (χ4n) is 1.94. The summed E-state index contributed by atoms with van der Waals surface area (Å²) in [6, 6.07) is 4.84. The van der Waals surface area contributed by atoms with Gasteiger partial charge in [-0.25, -0.2) is 4.79 Å². The predicted molar refractivity (Wildman–Crippen MR) is 82.3 cm³/mol. The van der Waals surface area contributed by atoms with E-state index in [1.807, 2.05) is 6.07 Å². The van der Waals surface area contributed by atoms with E-state index in [-0.39, 0.29) is 24.9 Å². The van der Waals surface area contributed by atoms with Crippen LogP contribution in [-0.2, 0) is 12.7 Å². The molecule has 7 nitrogen and oxygen atoms in total. The van der Waals surface area contributed by atoms with Crippen LogP contribution >= 0.6 is 11.3 Å². The van der Waals surface area contributed by atoms with E-state index in [0.717, 1.165) is 4.88 Å². The number of hydrogen-bond acceptors (Lipinski definition) is 6. The fraction of sp³-hybridized carbons (Fsp3) is 0.429. The van der Waals surface area contributed by atoms with Crippen molar-refractivity contribution in [2.45, 2.75) is 19.6 Å². The Hall–Kier alpha value is -2.61. The molecule has 11 heteroatoms. The zero-order valence-corrected chi connectivity index (χ0v) is 14.2. The summed E-state index contributed by atoms with van der Waals surface area (Å²) < 4.78 is 41.7. The number of carbonyl (C=O) groups is 1. The third-order valence-corrected chi connectivity index (χ3v) is 4.25. The monoisotopic (exact) mass is 373 g/mol. The maximum Gasteiger partial charge on any atom is 0.471 e. The summed E-state index contributed by atoms with van der Waals surface area (Å²) in [6.07, 6.45) is -4.69. The van der Waals surface area contributed by atoms with Gasteiger partial charge in [0.25, 0.3) is 0 Å². The highest BCUT2D eigenvalue weighted by Gasteiger charge is 2.38. The Morgan fingerprint density at radius 1 is 1.44 bits per heavy atom. The number of hydrogen-bond donors (Lipinski definition) is 0. The minimum Gasteiger partial charge on any atom is -0.329 e. The smallest absolute Gasteiger partial charge is 0.329 e. The van der Waals surface area contributed by atoms with E-state index in [4.69, 9.17) is 5.26 Å². The Morgan fingerprint density at radius 2 is 2.16 bits per heavy atom. The summed E-state index contributed by atoms with van der Waals surface area (Å²) in [4.78, 5) is 19.5. The maximum absolute atomic E-state index is 12.5. The van der Waals surface area contributed by atoms with Crippen molar-refractivity contribution in [3.05, 3.63) is 22.9 Å². The first-order valence-corrected chi connectivity index (χ1v) is 7.94. The van der Waals surface area contributed by atoms with Crippen molar-refractivity contribution in [1.29, 1.82) is 5.26 Å². The molecule has 0 spiro atoms. The summed E-state index contributed by atoms with van der Waals surface area (Å²) in [5, 5.41) is 12.0. The highest BCUT2D eigenvalue weighted by Crippen LogP contribution is 2.32. The van der Waals surface area contributed by atoms with Gasteiger partial charge in [-0.3, -0.25) is 0 Å². The molecule has 2 heterocycles. The van der Waals surface area contributed by atoms with Crippen molar-refractivity contribution in [3.63, 3.8) is 0 Å². The standard InChI is InChI=1S/C14H14F3N5O2S/c1-3-22(13(23)21(2)7-6-18)8-9-4-5-10(25-9)11-19-12(24-20-11)14(15,16)17/h4-5H,3,7-8H2,1-2H3. The van der Waals surface area contributed by atoms with Crippen LogP contribution in [0.15, 0.2) is 16.7 Å². The van der Waals surface area contributed by atoms with Crippen LogP contribution in [0, 0.1) is 11.3 Å². The van der Waals surface area contributed by atoms with Gasteiger partial charge in [-0.1, -0.05) is 5.16 Å². The number of halogens is 3. The number of nitriles is 1. The zero-order chi connectivity index (χ0) is 18.6. The van der Waals surface area contributed by atoms with Gasteiger partial charge in [0, 0.05) is 18.5 Å². The van der Waals surface area contributed by atoms with Crippen molar-refractivity contribution in [3.8, 4) is 16.8 Å². The number of amides is 2. The van der Waals surface area contributed by atoms with Gasteiger partial charge >= 0.3 is 18.1 Å². The second-order valence-electron chi connectivity index (χ2n) is 5.00. The van der Waals surface area contributed by atoms with E-state index in [1.165, 1.54) is 28.2 Å². The summed E-state index contributed by atoms with van der Waals surface area (Å²) >= 11 is 1.17. The molecule has 0 atom stereocenters. The van der Waals surface area contributed by atoms with E-state index >= 15 is 0 Å². The lowest BCUT2D eigenvalue weighted by Crippen LogP contribution is -2.40. The van der Waals surface area contributed by atoms with Gasteiger partial charge in [-0.05, 0) is 19.1 Å². The molecular weight excluding hydrogens is 359 g/mol. The SMILES string of the molecule is CCN(Cc1ccc(-c2noc(C(F)(F)F)n2)s1)C(=O)N(C)CC#N. The summed E-state index contributed by atoms with van der Waals surface area (Å²) in [5.74, 6) is -1.56. The highest BCUT2D eigenvalue weighted by atomic mass is 32.1. The number of rotatable bonds is 5. The van der Waals surface area contributed by atoms with Gasteiger partial charge in [0.2, 0.25) is 5.82 Å². The second-order valence-corrected chi connectivity index (χ2v) is 6.17. The van der Waals surface area contributed by atoms with Gasteiger partial charge in [-0.2, -0.15) is 23.4 Å². The summed E-state index contributed by atoms with van der Waals surface area (Å²) in [7, 11) is 1.52. The third kappa shape index (κ3) is 4.48. The number of thiophene rings is 1. The molecule has 2 aromatic rings. The normalized spacial score (nSPS) is 11.2. The van der Waals surface area contributed by atoms with Crippen molar-refractivity contribution < 1.29 is 22.5 Å².